The van der Waals surface area contributed by atoms with Crippen molar-refractivity contribution in [1.82, 2.24) is 0 Å². The predicted molar refractivity (Wildman–Crippen MR) is 57.7 cm³/mol. The summed E-state index contributed by atoms with van der Waals surface area (Å²) in [6.07, 6.45) is 3.34. The molecular weight excluding hydrogens is 239 g/mol. The second-order valence-corrected chi connectivity index (χ2v) is 6.30. The van der Waals surface area contributed by atoms with E-state index in [4.69, 9.17) is 4.52 Å². The topological polar surface area (TPSA) is 26.3 Å². The van der Waals surface area contributed by atoms with Crippen LogP contribution >= 0.6 is 23.3 Å². The van der Waals surface area contributed by atoms with Crippen LogP contribution in [0.2, 0.25) is 0 Å². The molecule has 74 valence electrons. The van der Waals surface area contributed by atoms with Crippen LogP contribution in [0, 0.1) is 0 Å². The lowest BCUT2D eigenvalue weighted by Gasteiger charge is -2.16. The van der Waals surface area contributed by atoms with Crippen LogP contribution in [0.1, 0.15) is 26.7 Å². The van der Waals surface area contributed by atoms with Gasteiger partial charge in [-0.25, -0.2) is 0 Å². The van der Waals surface area contributed by atoms with Crippen LogP contribution in [0.4, 0.5) is 0 Å². The van der Waals surface area contributed by atoms with E-state index >= 15 is 0 Å². The molecule has 0 rings (SSSR count). The molecule has 0 aliphatic heterocycles. The van der Waals surface area contributed by atoms with Gasteiger partial charge in [-0.3, -0.25) is 4.57 Å². The van der Waals surface area contributed by atoms with Gasteiger partial charge in [-0.1, -0.05) is 22.9 Å². The van der Waals surface area contributed by atoms with Gasteiger partial charge in [0, 0.05) is 17.7 Å². The van der Waals surface area contributed by atoms with E-state index in [2.05, 4.69) is 15.9 Å². The first kappa shape index (κ1) is 12.7. The van der Waals surface area contributed by atoms with Crippen LogP contribution in [-0.2, 0) is 9.09 Å². The fraction of sp³-hybridized carbons (Fsp3) is 1.00. The van der Waals surface area contributed by atoms with Crippen LogP contribution in [0.5, 0.6) is 0 Å². The molecule has 4 heteroatoms. The molecule has 0 bridgehead atoms. The third kappa shape index (κ3) is 5.34. The van der Waals surface area contributed by atoms with Crippen molar-refractivity contribution in [2.45, 2.75) is 26.7 Å². The lowest BCUT2D eigenvalue weighted by molar-refractivity contribution is 0.332. The number of hydrogen-bond acceptors (Lipinski definition) is 2. The molecular formula is C8H18BrO2P. The Morgan fingerprint density at radius 2 is 2.00 bits per heavy atom. The van der Waals surface area contributed by atoms with E-state index in [-0.39, 0.29) is 0 Å². The van der Waals surface area contributed by atoms with Gasteiger partial charge in [-0.2, -0.15) is 0 Å². The summed E-state index contributed by atoms with van der Waals surface area (Å²) in [4.78, 5) is 0. The summed E-state index contributed by atoms with van der Waals surface area (Å²) in [6.45, 7) is 4.51. The van der Waals surface area contributed by atoms with E-state index in [0.29, 0.717) is 6.61 Å². The standard InChI is InChI=1S/C8H18BrO2P/c1-3-7-12(10,11-4-2)8-5-6-9/h3-8H2,1-2H3. The fourth-order valence-corrected chi connectivity index (χ4v) is 4.10. The van der Waals surface area contributed by atoms with Gasteiger partial charge < -0.3 is 4.52 Å². The fourth-order valence-electron chi connectivity index (χ4n) is 1.12. The maximum absolute atomic E-state index is 11.9. The number of alkyl halides is 1. The van der Waals surface area contributed by atoms with E-state index in [1.54, 1.807) is 0 Å². The van der Waals surface area contributed by atoms with Gasteiger partial charge in [0.1, 0.15) is 0 Å². The number of halogens is 1. The third-order valence-electron chi connectivity index (χ3n) is 1.56. The largest absolute Gasteiger partial charge is 0.329 e. The summed E-state index contributed by atoms with van der Waals surface area (Å²) in [6, 6.07) is 0. The smallest absolute Gasteiger partial charge is 0.203 e. The zero-order chi connectivity index (χ0) is 9.45. The Kier molecular flexibility index (Phi) is 7.51. The highest BCUT2D eigenvalue weighted by Gasteiger charge is 2.19. The highest BCUT2D eigenvalue weighted by molar-refractivity contribution is 9.09. The molecule has 0 radical (unpaired) electrons. The lowest BCUT2D eigenvalue weighted by Crippen LogP contribution is -2.00. The molecule has 0 heterocycles. The molecule has 0 N–H and O–H groups in total. The molecule has 1 unspecified atom stereocenters. The molecule has 1 atom stereocenters. The molecule has 0 saturated heterocycles. The zero-order valence-electron chi connectivity index (χ0n) is 7.88. The average molecular weight is 257 g/mol. The lowest BCUT2D eigenvalue weighted by atomic mass is 10.6. The molecule has 2 nitrogen and oxygen atoms in total. The van der Waals surface area contributed by atoms with E-state index < -0.39 is 7.37 Å². The van der Waals surface area contributed by atoms with Gasteiger partial charge in [-0.15, -0.1) is 0 Å². The van der Waals surface area contributed by atoms with Crippen molar-refractivity contribution in [3.8, 4) is 0 Å². The monoisotopic (exact) mass is 256 g/mol. The van der Waals surface area contributed by atoms with Gasteiger partial charge >= 0.3 is 0 Å². The second-order valence-electron chi connectivity index (χ2n) is 2.72. The van der Waals surface area contributed by atoms with Crippen LogP contribution in [-0.4, -0.2) is 24.3 Å². The van der Waals surface area contributed by atoms with E-state index in [0.717, 1.165) is 30.5 Å². The Morgan fingerprint density at radius 3 is 2.42 bits per heavy atom. The quantitative estimate of drug-likeness (QED) is 0.515. The molecule has 0 amide bonds. The highest BCUT2D eigenvalue weighted by atomic mass is 79.9. The SMILES string of the molecule is CCCP(=O)(CCCBr)OCC. The predicted octanol–water partition coefficient (Wildman–Crippen LogP) is 3.50. The van der Waals surface area contributed by atoms with Crippen LogP contribution < -0.4 is 0 Å². The maximum atomic E-state index is 11.9. The van der Waals surface area contributed by atoms with Gasteiger partial charge in [0.25, 0.3) is 0 Å². The van der Waals surface area contributed by atoms with Crippen LogP contribution in [0.15, 0.2) is 0 Å². The summed E-state index contributed by atoms with van der Waals surface area (Å²) < 4.78 is 17.2. The minimum absolute atomic E-state index is 0.569. The van der Waals surface area contributed by atoms with Gasteiger partial charge in [-0.05, 0) is 19.8 Å². The minimum Gasteiger partial charge on any atom is -0.329 e. The van der Waals surface area contributed by atoms with Crippen molar-refractivity contribution in [3.05, 3.63) is 0 Å². The van der Waals surface area contributed by atoms with Crippen molar-refractivity contribution < 1.29 is 9.09 Å². The van der Waals surface area contributed by atoms with Gasteiger partial charge in [0.2, 0.25) is 7.37 Å². The van der Waals surface area contributed by atoms with Crippen molar-refractivity contribution in [1.29, 1.82) is 0 Å². The highest BCUT2D eigenvalue weighted by Crippen LogP contribution is 2.47. The average Bonchev–Trinajstić information content (AvgIpc) is 2.02. The molecule has 0 aromatic heterocycles. The van der Waals surface area contributed by atoms with Crippen LogP contribution in [0.3, 0.4) is 0 Å². The normalized spacial score (nSPS) is 15.9. The Bertz CT molecular complexity index is 140. The molecule has 0 fully saturated rings. The molecule has 0 saturated carbocycles. The van der Waals surface area contributed by atoms with Crippen LogP contribution in [0.25, 0.3) is 0 Å². The molecule has 0 aromatic carbocycles. The summed E-state index contributed by atoms with van der Waals surface area (Å²) in [5, 5.41) is 0.910. The second kappa shape index (κ2) is 7.11. The molecule has 0 aliphatic rings. The number of hydrogen-bond donors (Lipinski definition) is 0. The van der Waals surface area contributed by atoms with E-state index in [1.807, 2.05) is 13.8 Å². The first-order valence-corrected chi connectivity index (χ1v) is 7.58. The van der Waals surface area contributed by atoms with Crippen molar-refractivity contribution in [2.75, 3.05) is 24.3 Å². The zero-order valence-corrected chi connectivity index (χ0v) is 10.4. The summed E-state index contributed by atoms with van der Waals surface area (Å²) in [7, 11) is -2.27. The molecule has 0 aliphatic carbocycles. The first-order valence-electron chi connectivity index (χ1n) is 4.47. The van der Waals surface area contributed by atoms with E-state index in [1.165, 1.54) is 0 Å². The Labute approximate surface area is 83.7 Å². The third-order valence-corrected chi connectivity index (χ3v) is 4.98. The molecule has 12 heavy (non-hydrogen) atoms. The van der Waals surface area contributed by atoms with Crippen molar-refractivity contribution in [2.24, 2.45) is 0 Å². The van der Waals surface area contributed by atoms with Crippen molar-refractivity contribution in [3.63, 3.8) is 0 Å². The maximum Gasteiger partial charge on any atom is 0.203 e. The summed E-state index contributed by atoms with van der Waals surface area (Å²) >= 11 is 3.33. The first-order chi connectivity index (χ1) is 5.68. The molecule has 0 spiro atoms. The summed E-state index contributed by atoms with van der Waals surface area (Å²) in [5.74, 6) is 0. The Hall–Kier alpha value is 0.670. The van der Waals surface area contributed by atoms with E-state index in [9.17, 15) is 4.57 Å². The van der Waals surface area contributed by atoms with Crippen molar-refractivity contribution >= 4 is 23.3 Å². The Balaban J connectivity index is 3.90. The number of rotatable bonds is 7. The van der Waals surface area contributed by atoms with Gasteiger partial charge in [0.15, 0.2) is 0 Å². The minimum atomic E-state index is -2.27. The summed E-state index contributed by atoms with van der Waals surface area (Å²) in [5.41, 5.74) is 0. The molecule has 0 aromatic rings. The Morgan fingerprint density at radius 1 is 1.33 bits per heavy atom. The van der Waals surface area contributed by atoms with Gasteiger partial charge in [0.05, 0.1) is 6.61 Å².